The molecular formula is C30H48O2. The van der Waals surface area contributed by atoms with E-state index in [2.05, 4.69) is 55.4 Å². The molecule has 0 aromatic rings. The molecule has 0 heterocycles. The molecule has 2 nitrogen and oxygen atoms in total. The molecule has 0 amide bonds. The molecule has 4 aliphatic rings. The highest BCUT2D eigenvalue weighted by Gasteiger charge is 2.65. The van der Waals surface area contributed by atoms with Crippen molar-refractivity contribution < 1.29 is 9.59 Å². The normalized spacial score (nSPS) is 42.0. The van der Waals surface area contributed by atoms with Crippen LogP contribution in [-0.2, 0) is 9.59 Å². The van der Waals surface area contributed by atoms with Gasteiger partial charge in [0.05, 0.1) is 0 Å². The summed E-state index contributed by atoms with van der Waals surface area (Å²) >= 11 is 0. The molecule has 6 atom stereocenters. The van der Waals surface area contributed by atoms with Crippen LogP contribution in [0, 0.1) is 45.3 Å². The van der Waals surface area contributed by atoms with Crippen LogP contribution in [0.5, 0.6) is 0 Å². The van der Waals surface area contributed by atoms with Crippen LogP contribution in [0.15, 0.2) is 11.1 Å². The molecule has 4 rings (SSSR count). The van der Waals surface area contributed by atoms with E-state index >= 15 is 0 Å². The van der Waals surface area contributed by atoms with Crippen molar-refractivity contribution in [2.75, 3.05) is 0 Å². The van der Waals surface area contributed by atoms with Crippen LogP contribution in [0.3, 0.4) is 0 Å². The lowest BCUT2D eigenvalue weighted by Gasteiger charge is -2.60. The third-order valence-corrected chi connectivity index (χ3v) is 11.4. The second kappa shape index (κ2) is 7.81. The number of carbonyl (C=O) groups excluding carboxylic acids is 2. The number of Topliss-reactive ketones (excluding diaryl/α,β-unsaturated/α-hetero) is 2. The molecule has 2 fully saturated rings. The van der Waals surface area contributed by atoms with Crippen LogP contribution < -0.4 is 0 Å². The number of rotatable bonds is 5. The average Bonchev–Trinajstić information content (AvgIpc) is 2.96. The lowest BCUT2D eigenvalue weighted by atomic mass is 9.43. The molecular weight excluding hydrogens is 392 g/mol. The van der Waals surface area contributed by atoms with Gasteiger partial charge < -0.3 is 0 Å². The van der Waals surface area contributed by atoms with Gasteiger partial charge >= 0.3 is 0 Å². The Balaban J connectivity index is 1.69. The number of hydrogen-bond donors (Lipinski definition) is 0. The van der Waals surface area contributed by atoms with E-state index in [1.165, 1.54) is 43.3 Å². The summed E-state index contributed by atoms with van der Waals surface area (Å²) < 4.78 is 0. The first-order valence-corrected chi connectivity index (χ1v) is 13.6. The molecule has 0 N–H and O–H groups in total. The summed E-state index contributed by atoms with van der Waals surface area (Å²) in [6.45, 7) is 18.7. The molecule has 0 bridgehead atoms. The van der Waals surface area contributed by atoms with E-state index in [-0.39, 0.29) is 21.7 Å². The molecule has 2 heteroatoms. The molecule has 2 saturated carbocycles. The van der Waals surface area contributed by atoms with Crippen molar-refractivity contribution in [2.24, 2.45) is 45.3 Å². The van der Waals surface area contributed by atoms with Gasteiger partial charge in [-0.05, 0) is 66.6 Å². The Morgan fingerprint density at radius 1 is 0.906 bits per heavy atom. The minimum absolute atomic E-state index is 0.0867. The maximum Gasteiger partial charge on any atom is 0.159 e. The molecule has 0 aromatic carbocycles. The maximum atomic E-state index is 14.0. The molecule has 32 heavy (non-hydrogen) atoms. The number of fused-ring (bicyclic) bond motifs is 4. The van der Waals surface area contributed by atoms with Crippen molar-refractivity contribution in [3.63, 3.8) is 0 Å². The van der Waals surface area contributed by atoms with Gasteiger partial charge in [0.1, 0.15) is 5.78 Å². The lowest BCUT2D eigenvalue weighted by Crippen LogP contribution is -2.56. The summed E-state index contributed by atoms with van der Waals surface area (Å²) in [5.41, 5.74) is 2.50. The second-order valence-corrected chi connectivity index (χ2v) is 13.8. The molecule has 0 radical (unpaired) electrons. The SMILES string of the molecule is CC(C)CCC[C@@H](C)[C@H]1CC[C@]2(C)C3=C(C(=O)C[C@@]12C)[C@@]1(C)CCC(=O)C(C)(C)[C@@H]1CC3. The van der Waals surface area contributed by atoms with Crippen LogP contribution in [0.25, 0.3) is 0 Å². The predicted octanol–water partition coefficient (Wildman–Crippen LogP) is 7.95. The Kier molecular flexibility index (Phi) is 5.91. The summed E-state index contributed by atoms with van der Waals surface area (Å²) in [6, 6.07) is 0. The van der Waals surface area contributed by atoms with Gasteiger partial charge in [-0.1, -0.05) is 80.2 Å². The second-order valence-electron chi connectivity index (χ2n) is 13.8. The Bertz CT molecular complexity index is 832. The standard InChI is InChI=1S/C30H48O2/c1-19(2)10-9-11-20(3)21-14-17-29(7)22-12-13-24-27(4,5)25(32)15-16-28(24,6)26(22)23(31)18-30(21,29)8/h19-21,24H,9-18H2,1-8H3/t20-,21-,24+,28+,29-,30+/m1/s1. The van der Waals surface area contributed by atoms with Crippen molar-refractivity contribution in [1.29, 1.82) is 0 Å². The first kappa shape index (κ1) is 24.2. The Hall–Kier alpha value is -0.920. The molecule has 0 aromatic heterocycles. The zero-order valence-corrected chi connectivity index (χ0v) is 22.2. The van der Waals surface area contributed by atoms with E-state index in [1.54, 1.807) is 0 Å². The quantitative estimate of drug-likeness (QED) is 0.434. The predicted molar refractivity (Wildman–Crippen MR) is 132 cm³/mol. The summed E-state index contributed by atoms with van der Waals surface area (Å²) in [5.74, 6) is 3.25. The van der Waals surface area contributed by atoms with Gasteiger partial charge in [-0.3, -0.25) is 9.59 Å². The highest BCUT2D eigenvalue weighted by atomic mass is 16.1. The van der Waals surface area contributed by atoms with Gasteiger partial charge in [0.25, 0.3) is 0 Å². The van der Waals surface area contributed by atoms with Crippen molar-refractivity contribution in [2.45, 2.75) is 120 Å². The van der Waals surface area contributed by atoms with E-state index in [4.69, 9.17) is 0 Å². The fraction of sp³-hybridized carbons (Fsp3) is 0.867. The van der Waals surface area contributed by atoms with Gasteiger partial charge in [-0.2, -0.15) is 0 Å². The fourth-order valence-electron chi connectivity index (χ4n) is 9.30. The number of carbonyl (C=O) groups is 2. The van der Waals surface area contributed by atoms with Crippen molar-refractivity contribution in [1.82, 2.24) is 0 Å². The zero-order chi connectivity index (χ0) is 23.7. The lowest BCUT2D eigenvalue weighted by molar-refractivity contribution is -0.142. The highest BCUT2D eigenvalue weighted by molar-refractivity contribution is 6.00. The first-order valence-electron chi connectivity index (χ1n) is 13.6. The van der Waals surface area contributed by atoms with Crippen molar-refractivity contribution in [3.05, 3.63) is 11.1 Å². The van der Waals surface area contributed by atoms with E-state index in [0.717, 1.165) is 31.6 Å². The maximum absolute atomic E-state index is 14.0. The Morgan fingerprint density at radius 3 is 2.25 bits per heavy atom. The minimum Gasteiger partial charge on any atom is -0.299 e. The molecule has 180 valence electrons. The van der Waals surface area contributed by atoms with Crippen LogP contribution >= 0.6 is 0 Å². The van der Waals surface area contributed by atoms with Crippen LogP contribution in [-0.4, -0.2) is 11.6 Å². The Morgan fingerprint density at radius 2 is 1.59 bits per heavy atom. The van der Waals surface area contributed by atoms with E-state index in [0.29, 0.717) is 35.7 Å². The number of ketones is 2. The van der Waals surface area contributed by atoms with Gasteiger partial charge in [-0.15, -0.1) is 0 Å². The Labute approximate surface area is 197 Å². The van der Waals surface area contributed by atoms with Gasteiger partial charge in [0.2, 0.25) is 0 Å². The van der Waals surface area contributed by atoms with E-state index < -0.39 is 0 Å². The smallest absolute Gasteiger partial charge is 0.159 e. The number of allylic oxidation sites excluding steroid dienone is 2. The fourth-order valence-corrected chi connectivity index (χ4v) is 9.30. The third kappa shape index (κ3) is 3.24. The third-order valence-electron chi connectivity index (χ3n) is 11.4. The average molecular weight is 441 g/mol. The van der Waals surface area contributed by atoms with Crippen LogP contribution in [0.1, 0.15) is 120 Å². The number of hydrogen-bond acceptors (Lipinski definition) is 2. The topological polar surface area (TPSA) is 34.1 Å². The first-order chi connectivity index (χ1) is 14.8. The largest absolute Gasteiger partial charge is 0.299 e. The van der Waals surface area contributed by atoms with Gasteiger partial charge in [0, 0.05) is 29.2 Å². The van der Waals surface area contributed by atoms with Crippen LogP contribution in [0.2, 0.25) is 0 Å². The minimum atomic E-state index is -0.309. The summed E-state index contributed by atoms with van der Waals surface area (Å²) in [4.78, 5) is 26.8. The van der Waals surface area contributed by atoms with E-state index in [9.17, 15) is 9.59 Å². The summed E-state index contributed by atoms with van der Waals surface area (Å²) in [5, 5.41) is 0. The van der Waals surface area contributed by atoms with Gasteiger partial charge in [-0.25, -0.2) is 0 Å². The molecule has 0 unspecified atom stereocenters. The molecule has 0 spiro atoms. The van der Waals surface area contributed by atoms with Gasteiger partial charge in [0.15, 0.2) is 5.78 Å². The van der Waals surface area contributed by atoms with E-state index in [1.807, 2.05) is 0 Å². The van der Waals surface area contributed by atoms with Crippen LogP contribution in [0.4, 0.5) is 0 Å². The molecule has 0 saturated heterocycles. The van der Waals surface area contributed by atoms with Crippen molar-refractivity contribution in [3.8, 4) is 0 Å². The van der Waals surface area contributed by atoms with Crippen molar-refractivity contribution >= 4 is 11.6 Å². The zero-order valence-electron chi connectivity index (χ0n) is 22.2. The monoisotopic (exact) mass is 440 g/mol. The summed E-state index contributed by atoms with van der Waals surface area (Å²) in [7, 11) is 0. The molecule has 4 aliphatic carbocycles. The molecule has 0 aliphatic heterocycles. The summed E-state index contributed by atoms with van der Waals surface area (Å²) in [6.07, 6.45) is 10.7. The highest BCUT2D eigenvalue weighted by Crippen LogP contribution is 2.71.